The summed E-state index contributed by atoms with van der Waals surface area (Å²) in [4.78, 5) is 0.413. The number of rotatable bonds is 7. The molecule has 0 atom stereocenters. The Balaban J connectivity index is 1.66. The van der Waals surface area contributed by atoms with Crippen molar-refractivity contribution in [2.24, 2.45) is 0 Å². The number of hydrogen-bond acceptors (Lipinski definition) is 6. The lowest BCUT2D eigenvalue weighted by Gasteiger charge is -2.09. The SMILES string of the molecule is COc1cc(CSc2nnc(-c3ccc(C)cc3)o2)ccc1SC(F)F. The van der Waals surface area contributed by atoms with E-state index in [1.807, 2.05) is 31.2 Å². The molecule has 0 radical (unpaired) electrons. The highest BCUT2D eigenvalue weighted by Gasteiger charge is 2.13. The van der Waals surface area contributed by atoms with Gasteiger partial charge in [-0.05, 0) is 36.8 Å². The summed E-state index contributed by atoms with van der Waals surface area (Å²) in [6, 6.07) is 13.0. The summed E-state index contributed by atoms with van der Waals surface area (Å²) in [7, 11) is 1.47. The molecule has 0 unspecified atom stereocenters. The van der Waals surface area contributed by atoms with E-state index in [-0.39, 0.29) is 0 Å². The molecule has 0 saturated carbocycles. The van der Waals surface area contributed by atoms with E-state index in [0.29, 0.717) is 39.3 Å². The molecule has 3 rings (SSSR count). The van der Waals surface area contributed by atoms with E-state index in [0.717, 1.165) is 16.7 Å². The first kappa shape index (κ1) is 18.7. The number of methoxy groups -OCH3 is 1. The van der Waals surface area contributed by atoms with Crippen molar-refractivity contribution in [3.05, 3.63) is 53.6 Å². The maximum atomic E-state index is 12.5. The largest absolute Gasteiger partial charge is 0.496 e. The maximum Gasteiger partial charge on any atom is 0.289 e. The summed E-state index contributed by atoms with van der Waals surface area (Å²) in [5, 5.41) is 8.55. The van der Waals surface area contributed by atoms with Crippen LogP contribution in [0.15, 0.2) is 57.0 Å². The Kier molecular flexibility index (Phi) is 6.16. The lowest BCUT2D eigenvalue weighted by Crippen LogP contribution is -1.91. The van der Waals surface area contributed by atoms with Gasteiger partial charge < -0.3 is 9.15 Å². The highest BCUT2D eigenvalue weighted by atomic mass is 32.2. The molecule has 26 heavy (non-hydrogen) atoms. The van der Waals surface area contributed by atoms with Gasteiger partial charge in [0.1, 0.15) is 5.75 Å². The molecule has 0 aliphatic carbocycles. The lowest BCUT2D eigenvalue weighted by molar-refractivity contribution is 0.251. The molecule has 0 amide bonds. The van der Waals surface area contributed by atoms with Gasteiger partial charge in [0.05, 0.1) is 12.0 Å². The van der Waals surface area contributed by atoms with Crippen molar-refractivity contribution in [2.45, 2.75) is 28.6 Å². The topological polar surface area (TPSA) is 48.2 Å². The van der Waals surface area contributed by atoms with Gasteiger partial charge >= 0.3 is 0 Å². The van der Waals surface area contributed by atoms with E-state index in [2.05, 4.69) is 10.2 Å². The van der Waals surface area contributed by atoms with Crippen LogP contribution in [0.25, 0.3) is 11.5 Å². The van der Waals surface area contributed by atoms with Gasteiger partial charge in [-0.2, -0.15) is 8.78 Å². The molecule has 8 heteroatoms. The quantitative estimate of drug-likeness (QED) is 0.482. The number of aryl methyl sites for hydroxylation is 1. The Bertz CT molecular complexity index is 870. The van der Waals surface area contributed by atoms with E-state index in [1.54, 1.807) is 18.2 Å². The molecule has 1 aromatic heterocycles. The molecule has 0 bridgehead atoms. The Morgan fingerprint density at radius 3 is 2.58 bits per heavy atom. The van der Waals surface area contributed by atoms with Crippen molar-refractivity contribution in [3.63, 3.8) is 0 Å². The smallest absolute Gasteiger partial charge is 0.289 e. The van der Waals surface area contributed by atoms with Crippen LogP contribution in [-0.2, 0) is 5.75 Å². The molecule has 0 saturated heterocycles. The number of nitrogens with zero attached hydrogens (tertiary/aromatic N) is 2. The van der Waals surface area contributed by atoms with Crippen molar-refractivity contribution >= 4 is 23.5 Å². The fourth-order valence-corrected chi connectivity index (χ4v) is 3.52. The van der Waals surface area contributed by atoms with Crippen molar-refractivity contribution in [3.8, 4) is 17.2 Å². The molecule has 0 N–H and O–H groups in total. The predicted molar refractivity (Wildman–Crippen MR) is 98.9 cm³/mol. The van der Waals surface area contributed by atoms with Gasteiger partial charge in [0.15, 0.2) is 0 Å². The van der Waals surface area contributed by atoms with E-state index in [4.69, 9.17) is 9.15 Å². The molecule has 3 aromatic rings. The van der Waals surface area contributed by atoms with E-state index < -0.39 is 5.76 Å². The van der Waals surface area contributed by atoms with Gasteiger partial charge in [-0.1, -0.05) is 47.3 Å². The normalized spacial score (nSPS) is 11.1. The van der Waals surface area contributed by atoms with Gasteiger partial charge in [-0.3, -0.25) is 0 Å². The predicted octanol–water partition coefficient (Wildman–Crippen LogP) is 5.66. The first-order chi connectivity index (χ1) is 12.5. The maximum absolute atomic E-state index is 12.5. The van der Waals surface area contributed by atoms with Crippen molar-refractivity contribution in [2.75, 3.05) is 7.11 Å². The monoisotopic (exact) mass is 394 g/mol. The molecule has 4 nitrogen and oxygen atoms in total. The summed E-state index contributed by atoms with van der Waals surface area (Å²) in [5.74, 6) is -1.03. The zero-order chi connectivity index (χ0) is 18.5. The number of aromatic nitrogens is 2. The van der Waals surface area contributed by atoms with Crippen molar-refractivity contribution in [1.29, 1.82) is 0 Å². The summed E-state index contributed by atoms with van der Waals surface area (Å²) < 4.78 is 36.0. The molecule has 0 spiro atoms. The minimum atomic E-state index is -2.48. The minimum Gasteiger partial charge on any atom is -0.496 e. The third-order valence-corrected chi connectivity index (χ3v) is 5.17. The third kappa shape index (κ3) is 4.76. The van der Waals surface area contributed by atoms with Crippen LogP contribution in [0.3, 0.4) is 0 Å². The van der Waals surface area contributed by atoms with Gasteiger partial charge in [0, 0.05) is 11.3 Å². The summed E-state index contributed by atoms with van der Waals surface area (Å²) >= 11 is 1.85. The Morgan fingerprint density at radius 2 is 1.88 bits per heavy atom. The number of ether oxygens (including phenoxy) is 1. The average molecular weight is 394 g/mol. The molecule has 136 valence electrons. The zero-order valence-corrected chi connectivity index (χ0v) is 15.7. The molecule has 0 aliphatic heterocycles. The van der Waals surface area contributed by atoms with E-state index in [1.165, 1.54) is 18.9 Å². The van der Waals surface area contributed by atoms with Crippen molar-refractivity contribution < 1.29 is 17.9 Å². The van der Waals surface area contributed by atoms with Crippen LogP contribution in [0, 0.1) is 6.92 Å². The number of alkyl halides is 2. The number of thioether (sulfide) groups is 2. The summed E-state index contributed by atoms with van der Waals surface area (Å²) in [6.07, 6.45) is 0. The lowest BCUT2D eigenvalue weighted by atomic mass is 10.1. The van der Waals surface area contributed by atoms with Crippen LogP contribution in [0.2, 0.25) is 0 Å². The average Bonchev–Trinajstić information content (AvgIpc) is 3.10. The molecular formula is C18H16F2N2O2S2. The van der Waals surface area contributed by atoms with Crippen LogP contribution < -0.4 is 4.74 Å². The molecular weight excluding hydrogens is 378 g/mol. The van der Waals surface area contributed by atoms with E-state index >= 15 is 0 Å². The van der Waals surface area contributed by atoms with Crippen LogP contribution >= 0.6 is 23.5 Å². The van der Waals surface area contributed by atoms with Gasteiger partial charge in [0.2, 0.25) is 5.89 Å². The number of benzene rings is 2. The first-order valence-corrected chi connectivity index (χ1v) is 9.57. The number of hydrogen-bond donors (Lipinski definition) is 0. The van der Waals surface area contributed by atoms with Gasteiger partial charge in [-0.25, -0.2) is 0 Å². The third-order valence-electron chi connectivity index (χ3n) is 3.51. The van der Waals surface area contributed by atoms with Gasteiger partial charge in [-0.15, -0.1) is 10.2 Å². The number of halogens is 2. The second-order valence-corrected chi connectivity index (χ2v) is 7.35. The van der Waals surface area contributed by atoms with Gasteiger partial charge in [0.25, 0.3) is 11.0 Å². The second-order valence-electron chi connectivity index (χ2n) is 5.39. The molecule has 0 fully saturated rings. The summed E-state index contributed by atoms with van der Waals surface area (Å²) in [5.41, 5.74) is 2.94. The molecule has 2 aromatic carbocycles. The standard InChI is InChI=1S/C18H16F2N2O2S2/c1-11-3-6-13(7-4-11)16-21-22-18(24-16)25-10-12-5-8-15(26-17(19)20)14(9-12)23-2/h3-9,17H,10H2,1-2H3. The van der Waals surface area contributed by atoms with Crippen molar-refractivity contribution in [1.82, 2.24) is 10.2 Å². The first-order valence-electron chi connectivity index (χ1n) is 7.70. The Morgan fingerprint density at radius 1 is 1.12 bits per heavy atom. The Hall–Kier alpha value is -2.06. The zero-order valence-electron chi connectivity index (χ0n) is 14.1. The fourth-order valence-electron chi connectivity index (χ4n) is 2.22. The molecule has 0 aliphatic rings. The van der Waals surface area contributed by atoms with Crippen LogP contribution in [-0.4, -0.2) is 23.1 Å². The second kappa shape index (κ2) is 8.55. The highest BCUT2D eigenvalue weighted by Crippen LogP contribution is 2.35. The van der Waals surface area contributed by atoms with E-state index in [9.17, 15) is 8.78 Å². The fraction of sp³-hybridized carbons (Fsp3) is 0.222. The molecule has 1 heterocycles. The van der Waals surface area contributed by atoms with Crippen LogP contribution in [0.4, 0.5) is 8.78 Å². The van der Waals surface area contributed by atoms with Crippen LogP contribution in [0.5, 0.6) is 5.75 Å². The summed E-state index contributed by atoms with van der Waals surface area (Å²) in [6.45, 7) is 2.01. The highest BCUT2D eigenvalue weighted by molar-refractivity contribution is 7.99. The minimum absolute atomic E-state index is 0.413. The Labute approximate surface area is 158 Å². The van der Waals surface area contributed by atoms with Crippen LogP contribution in [0.1, 0.15) is 11.1 Å².